The summed E-state index contributed by atoms with van der Waals surface area (Å²) in [5.41, 5.74) is -0.928. The molecule has 0 heterocycles. The average molecular weight is 551 g/mol. The molecule has 204 valence electrons. The number of nitriles is 1. The first-order chi connectivity index (χ1) is 17.5. The fourth-order valence-electron chi connectivity index (χ4n) is 3.50. The van der Waals surface area contributed by atoms with Crippen molar-refractivity contribution in [3.8, 4) is 6.07 Å². The monoisotopic (exact) mass is 550 g/mol. The van der Waals surface area contributed by atoms with E-state index in [1.807, 2.05) is 6.07 Å². The van der Waals surface area contributed by atoms with Crippen LogP contribution in [-0.4, -0.2) is 39.6 Å². The van der Waals surface area contributed by atoms with Crippen LogP contribution in [0.5, 0.6) is 0 Å². The van der Waals surface area contributed by atoms with E-state index in [2.05, 4.69) is 15.6 Å². The van der Waals surface area contributed by atoms with Gasteiger partial charge in [0.1, 0.15) is 5.60 Å². The van der Waals surface area contributed by atoms with E-state index < -0.39 is 39.3 Å². The molecule has 0 aliphatic rings. The van der Waals surface area contributed by atoms with Gasteiger partial charge in [-0.2, -0.15) is 18.4 Å². The van der Waals surface area contributed by atoms with E-state index in [9.17, 15) is 31.6 Å². The van der Waals surface area contributed by atoms with Gasteiger partial charge in [-0.1, -0.05) is 12.1 Å². The summed E-state index contributed by atoms with van der Waals surface area (Å²) in [5, 5.41) is 14.8. The maximum Gasteiger partial charge on any atom is 0.416 e. The molecule has 2 N–H and O–H groups in total. The first-order valence-electron chi connectivity index (χ1n) is 11.3. The van der Waals surface area contributed by atoms with Gasteiger partial charge in [-0.15, -0.1) is 0 Å². The SMILES string of the molecule is C/N=C\C(=C(/C)Nc1cccc(C(F)(F)F)c1)[C@H](NC(=O)OC(C)(C)C)c1ccc(C#N)cc1S(C)(=O)=O. The number of alkyl carbamates (subject to hydrolysis) is 1. The third kappa shape index (κ3) is 8.34. The number of ether oxygens (including phenoxy) is 1. The van der Waals surface area contributed by atoms with Gasteiger partial charge in [-0.3, -0.25) is 4.99 Å². The summed E-state index contributed by atoms with van der Waals surface area (Å²) in [4.78, 5) is 16.6. The van der Waals surface area contributed by atoms with Crippen LogP contribution in [0, 0.1) is 11.3 Å². The van der Waals surface area contributed by atoms with Crippen molar-refractivity contribution in [2.24, 2.45) is 4.99 Å². The Balaban J connectivity index is 2.76. The van der Waals surface area contributed by atoms with Crippen LogP contribution in [0.2, 0.25) is 0 Å². The Morgan fingerprint density at radius 2 is 1.82 bits per heavy atom. The summed E-state index contributed by atoms with van der Waals surface area (Å²) < 4.78 is 70.4. The molecule has 0 unspecified atom stereocenters. The number of sulfone groups is 1. The van der Waals surface area contributed by atoms with Crippen molar-refractivity contribution in [2.75, 3.05) is 18.6 Å². The predicted molar refractivity (Wildman–Crippen MR) is 139 cm³/mol. The number of anilines is 1. The number of alkyl halides is 3. The fourth-order valence-corrected chi connectivity index (χ4v) is 4.46. The lowest BCUT2D eigenvalue weighted by molar-refractivity contribution is -0.137. The zero-order valence-electron chi connectivity index (χ0n) is 21.8. The highest BCUT2D eigenvalue weighted by Crippen LogP contribution is 2.33. The van der Waals surface area contributed by atoms with Crippen LogP contribution in [0.4, 0.5) is 23.7 Å². The number of carbonyl (C=O) groups is 1. The van der Waals surface area contributed by atoms with E-state index in [4.69, 9.17) is 4.74 Å². The standard InChI is InChI=1S/C26H29F3N4O4S/c1-16(32-19-9-7-8-18(13-19)26(27,28)29)21(15-31-5)23(33-24(34)37-25(2,3)4)20-11-10-17(14-30)12-22(20)38(6,35)36/h7-13,15,23,32H,1-6H3,(H,33,34)/b21-16-,31-15-/t23-/m1/s1. The van der Waals surface area contributed by atoms with Crippen LogP contribution in [0.15, 0.2) is 63.6 Å². The summed E-state index contributed by atoms with van der Waals surface area (Å²) in [5.74, 6) is 0. The summed E-state index contributed by atoms with van der Waals surface area (Å²) in [6.07, 6.45) is -3.12. The minimum absolute atomic E-state index is 0.0821. The van der Waals surface area contributed by atoms with Gasteiger partial charge in [0.25, 0.3) is 0 Å². The Labute approximate surface area is 220 Å². The van der Waals surface area contributed by atoms with Crippen molar-refractivity contribution in [3.63, 3.8) is 0 Å². The molecule has 2 aromatic carbocycles. The zero-order chi connectivity index (χ0) is 28.9. The van der Waals surface area contributed by atoms with Gasteiger partial charge in [0.05, 0.1) is 28.1 Å². The zero-order valence-corrected chi connectivity index (χ0v) is 22.6. The van der Waals surface area contributed by atoms with Crippen molar-refractivity contribution >= 4 is 27.8 Å². The smallest absolute Gasteiger partial charge is 0.416 e. The van der Waals surface area contributed by atoms with Crippen LogP contribution in [0.1, 0.15) is 50.4 Å². The van der Waals surface area contributed by atoms with Crippen molar-refractivity contribution in [1.29, 1.82) is 5.26 Å². The third-order valence-corrected chi connectivity index (χ3v) is 6.20. The van der Waals surface area contributed by atoms with Crippen molar-refractivity contribution in [1.82, 2.24) is 5.32 Å². The molecule has 0 aliphatic carbocycles. The maximum atomic E-state index is 13.2. The van der Waals surface area contributed by atoms with Crippen LogP contribution in [0.3, 0.4) is 0 Å². The summed E-state index contributed by atoms with van der Waals surface area (Å²) in [6, 6.07) is 9.20. The molecule has 8 nitrogen and oxygen atoms in total. The minimum atomic E-state index is -4.56. The Kier molecular flexibility index (Phi) is 9.34. The first kappa shape index (κ1) is 30.4. The molecule has 0 saturated heterocycles. The maximum absolute atomic E-state index is 13.2. The molecular formula is C26H29F3N4O4S. The second-order valence-corrected chi connectivity index (χ2v) is 11.4. The molecule has 0 saturated carbocycles. The number of nitrogens with zero attached hydrogens (tertiary/aromatic N) is 2. The van der Waals surface area contributed by atoms with E-state index in [0.717, 1.165) is 18.4 Å². The van der Waals surface area contributed by atoms with Gasteiger partial charge in [0.2, 0.25) is 0 Å². The average Bonchev–Trinajstić information content (AvgIpc) is 2.78. The Bertz CT molecular complexity index is 1400. The Morgan fingerprint density at radius 1 is 1.16 bits per heavy atom. The molecule has 1 amide bonds. The summed E-state index contributed by atoms with van der Waals surface area (Å²) >= 11 is 0. The van der Waals surface area contributed by atoms with Gasteiger partial charge in [0, 0.05) is 36.5 Å². The number of halogens is 3. The van der Waals surface area contributed by atoms with Gasteiger partial charge in [-0.05, 0) is 63.6 Å². The molecule has 12 heteroatoms. The molecule has 0 aliphatic heterocycles. The number of carbonyl (C=O) groups excluding carboxylic acids is 1. The van der Waals surface area contributed by atoms with Crippen LogP contribution < -0.4 is 10.6 Å². The number of hydrogen-bond donors (Lipinski definition) is 2. The van der Waals surface area contributed by atoms with Gasteiger partial charge in [0.15, 0.2) is 9.84 Å². The summed E-state index contributed by atoms with van der Waals surface area (Å²) in [7, 11) is -2.45. The molecule has 2 rings (SSSR count). The molecule has 2 aromatic rings. The van der Waals surface area contributed by atoms with Crippen molar-refractivity contribution < 1.29 is 31.1 Å². The number of allylic oxidation sites excluding steroid dienone is 1. The van der Waals surface area contributed by atoms with Gasteiger partial charge in [-0.25, -0.2) is 13.2 Å². The molecule has 0 spiro atoms. The number of nitrogens with one attached hydrogen (secondary N) is 2. The molecule has 38 heavy (non-hydrogen) atoms. The number of rotatable bonds is 7. The van der Waals surface area contributed by atoms with Crippen molar-refractivity contribution in [2.45, 2.75) is 50.4 Å². The first-order valence-corrected chi connectivity index (χ1v) is 13.2. The summed E-state index contributed by atoms with van der Waals surface area (Å²) in [6.45, 7) is 6.49. The molecule has 0 fully saturated rings. The van der Waals surface area contributed by atoms with E-state index in [-0.39, 0.29) is 33.0 Å². The van der Waals surface area contributed by atoms with E-state index in [1.54, 1.807) is 27.7 Å². The van der Waals surface area contributed by atoms with Crippen LogP contribution in [-0.2, 0) is 20.8 Å². The van der Waals surface area contributed by atoms with E-state index >= 15 is 0 Å². The lowest BCUT2D eigenvalue weighted by Gasteiger charge is -2.27. The molecular weight excluding hydrogens is 521 g/mol. The predicted octanol–water partition coefficient (Wildman–Crippen LogP) is 5.63. The van der Waals surface area contributed by atoms with Gasteiger partial charge >= 0.3 is 12.3 Å². The molecule has 0 aromatic heterocycles. The molecule has 0 bridgehead atoms. The second kappa shape index (κ2) is 11.7. The van der Waals surface area contributed by atoms with Crippen molar-refractivity contribution in [3.05, 3.63) is 70.4 Å². The lowest BCUT2D eigenvalue weighted by Crippen LogP contribution is -2.37. The van der Waals surface area contributed by atoms with Crippen LogP contribution >= 0.6 is 0 Å². The quantitative estimate of drug-likeness (QED) is 0.431. The number of hydrogen-bond acceptors (Lipinski definition) is 7. The Morgan fingerprint density at radius 3 is 2.34 bits per heavy atom. The van der Waals surface area contributed by atoms with E-state index in [0.29, 0.717) is 0 Å². The highest BCUT2D eigenvalue weighted by molar-refractivity contribution is 7.90. The Hall–Kier alpha value is -3.85. The largest absolute Gasteiger partial charge is 0.444 e. The normalized spacial score (nSPS) is 13.9. The topological polar surface area (TPSA) is 121 Å². The lowest BCUT2D eigenvalue weighted by atomic mass is 9.96. The molecule has 1 atom stereocenters. The number of benzene rings is 2. The fraction of sp³-hybridized carbons (Fsp3) is 0.346. The number of aliphatic imine (C=N–C) groups is 1. The molecule has 0 radical (unpaired) electrons. The number of amides is 1. The minimum Gasteiger partial charge on any atom is -0.444 e. The second-order valence-electron chi connectivity index (χ2n) is 9.39. The van der Waals surface area contributed by atoms with E-state index in [1.165, 1.54) is 43.6 Å². The highest BCUT2D eigenvalue weighted by Gasteiger charge is 2.31. The highest BCUT2D eigenvalue weighted by atomic mass is 32.2. The third-order valence-electron chi connectivity index (χ3n) is 5.05. The van der Waals surface area contributed by atoms with Gasteiger partial charge < -0.3 is 15.4 Å². The van der Waals surface area contributed by atoms with Crippen LogP contribution in [0.25, 0.3) is 0 Å².